The number of nitrogens with two attached hydrogens (primary N) is 2. The van der Waals surface area contributed by atoms with Crippen molar-refractivity contribution in [3.05, 3.63) is 11.3 Å². The van der Waals surface area contributed by atoms with Crippen LogP contribution in [0.5, 0.6) is 0 Å². The highest BCUT2D eigenvalue weighted by Gasteiger charge is 2.12. The Morgan fingerprint density at radius 2 is 1.82 bits per heavy atom. The second-order valence-corrected chi connectivity index (χ2v) is 2.93. The first kappa shape index (κ1) is 8.11. The zero-order valence-electron chi connectivity index (χ0n) is 6.60. The normalized spacial score (nSPS) is 19.6. The van der Waals surface area contributed by atoms with Crippen LogP contribution in [-0.2, 0) is 4.79 Å². The third-order valence-corrected chi connectivity index (χ3v) is 2.06. The van der Waals surface area contributed by atoms with Crippen LogP contribution in [0.4, 0.5) is 0 Å². The molecule has 0 atom stereocenters. The number of rotatable bonds is 1. The summed E-state index contributed by atoms with van der Waals surface area (Å²) in [6.07, 6.45) is 4.87. The number of carbonyl (C=O) groups excluding carboxylic acids is 1. The van der Waals surface area contributed by atoms with Crippen LogP contribution >= 0.6 is 0 Å². The average molecular weight is 154 g/mol. The van der Waals surface area contributed by atoms with E-state index in [4.69, 9.17) is 11.5 Å². The Labute approximate surface area is 66.4 Å². The molecule has 0 aromatic heterocycles. The Balaban J connectivity index is 2.76. The lowest BCUT2D eigenvalue weighted by Gasteiger charge is -2.02. The molecule has 0 radical (unpaired) electrons. The average Bonchev–Trinajstić information content (AvgIpc) is 2.13. The quantitative estimate of drug-likeness (QED) is 0.582. The summed E-state index contributed by atoms with van der Waals surface area (Å²) in [7, 11) is 0. The molecule has 0 bridgehead atoms. The van der Waals surface area contributed by atoms with Gasteiger partial charge in [0.1, 0.15) is 0 Å². The first-order valence-electron chi connectivity index (χ1n) is 3.99. The summed E-state index contributed by atoms with van der Waals surface area (Å²) < 4.78 is 0. The number of amides is 1. The maximum Gasteiger partial charge on any atom is 0.246 e. The zero-order chi connectivity index (χ0) is 8.27. The summed E-state index contributed by atoms with van der Waals surface area (Å²) in [6, 6.07) is 0. The van der Waals surface area contributed by atoms with Crippen LogP contribution in [0, 0.1) is 0 Å². The van der Waals surface area contributed by atoms with E-state index in [9.17, 15) is 4.79 Å². The van der Waals surface area contributed by atoms with Crippen LogP contribution in [0.15, 0.2) is 11.3 Å². The predicted octanol–water partition coefficient (Wildman–Crippen LogP) is 0.649. The van der Waals surface area contributed by atoms with Gasteiger partial charge in [0.2, 0.25) is 5.91 Å². The standard InChI is InChI=1S/C8H14N2O/c9-7-5-3-1-2-4-6(7)8(10)11/h1-5,9H2,(H2,10,11). The molecule has 3 heteroatoms. The predicted molar refractivity (Wildman–Crippen MR) is 43.5 cm³/mol. The molecule has 0 aromatic rings. The molecule has 0 spiro atoms. The van der Waals surface area contributed by atoms with Crippen LogP contribution in [0.25, 0.3) is 0 Å². The lowest BCUT2D eigenvalue weighted by atomic mass is 10.1. The highest BCUT2D eigenvalue weighted by molar-refractivity contribution is 5.92. The highest BCUT2D eigenvalue weighted by Crippen LogP contribution is 2.19. The number of hydrogen-bond acceptors (Lipinski definition) is 2. The fraction of sp³-hybridized carbons (Fsp3) is 0.625. The molecule has 0 fully saturated rings. The van der Waals surface area contributed by atoms with Gasteiger partial charge in [-0.25, -0.2) is 0 Å². The van der Waals surface area contributed by atoms with Crippen LogP contribution in [0.1, 0.15) is 32.1 Å². The second-order valence-electron chi connectivity index (χ2n) is 2.93. The lowest BCUT2D eigenvalue weighted by Crippen LogP contribution is -2.18. The van der Waals surface area contributed by atoms with E-state index in [0.717, 1.165) is 32.1 Å². The molecule has 62 valence electrons. The van der Waals surface area contributed by atoms with Crippen molar-refractivity contribution in [1.29, 1.82) is 0 Å². The van der Waals surface area contributed by atoms with Crippen molar-refractivity contribution in [3.8, 4) is 0 Å². The van der Waals surface area contributed by atoms with Gasteiger partial charge in [-0.1, -0.05) is 6.42 Å². The first-order chi connectivity index (χ1) is 5.22. The van der Waals surface area contributed by atoms with Crippen molar-refractivity contribution in [2.45, 2.75) is 32.1 Å². The molecule has 0 aromatic carbocycles. The Morgan fingerprint density at radius 1 is 1.18 bits per heavy atom. The van der Waals surface area contributed by atoms with Gasteiger partial charge in [-0.15, -0.1) is 0 Å². The summed E-state index contributed by atoms with van der Waals surface area (Å²) in [5, 5.41) is 0. The number of hydrogen-bond donors (Lipinski definition) is 2. The molecule has 0 aliphatic heterocycles. The van der Waals surface area contributed by atoms with Crippen LogP contribution in [0.2, 0.25) is 0 Å². The molecule has 1 aliphatic rings. The molecule has 0 saturated heterocycles. The molecule has 1 aliphatic carbocycles. The summed E-state index contributed by atoms with van der Waals surface area (Å²) in [5.41, 5.74) is 12.2. The molecular formula is C8H14N2O. The van der Waals surface area contributed by atoms with Crippen molar-refractivity contribution in [3.63, 3.8) is 0 Å². The summed E-state index contributed by atoms with van der Waals surface area (Å²) in [4.78, 5) is 10.8. The zero-order valence-corrected chi connectivity index (χ0v) is 6.60. The fourth-order valence-electron chi connectivity index (χ4n) is 1.39. The number of primary amides is 1. The minimum absolute atomic E-state index is 0.343. The summed E-state index contributed by atoms with van der Waals surface area (Å²) in [6.45, 7) is 0. The minimum atomic E-state index is -0.343. The van der Waals surface area contributed by atoms with Crippen molar-refractivity contribution >= 4 is 5.91 Å². The van der Waals surface area contributed by atoms with Gasteiger partial charge in [-0.2, -0.15) is 0 Å². The van der Waals surface area contributed by atoms with Crippen LogP contribution in [-0.4, -0.2) is 5.91 Å². The maximum absolute atomic E-state index is 10.8. The van der Waals surface area contributed by atoms with Gasteiger partial charge in [0.15, 0.2) is 0 Å². The van der Waals surface area contributed by atoms with Gasteiger partial charge < -0.3 is 11.5 Å². The molecule has 4 N–H and O–H groups in total. The largest absolute Gasteiger partial charge is 0.402 e. The Hall–Kier alpha value is -0.990. The Bertz CT molecular complexity index is 196. The van der Waals surface area contributed by atoms with E-state index in [2.05, 4.69) is 0 Å². The molecular weight excluding hydrogens is 140 g/mol. The molecule has 11 heavy (non-hydrogen) atoms. The first-order valence-corrected chi connectivity index (χ1v) is 3.99. The van der Waals surface area contributed by atoms with Crippen molar-refractivity contribution < 1.29 is 4.79 Å². The molecule has 3 nitrogen and oxygen atoms in total. The second kappa shape index (κ2) is 3.42. The van der Waals surface area contributed by atoms with Gasteiger partial charge in [-0.3, -0.25) is 4.79 Å². The molecule has 0 unspecified atom stereocenters. The summed E-state index contributed by atoms with van der Waals surface area (Å²) in [5.74, 6) is -0.343. The summed E-state index contributed by atoms with van der Waals surface area (Å²) >= 11 is 0. The smallest absolute Gasteiger partial charge is 0.246 e. The Kier molecular flexibility index (Phi) is 2.52. The monoisotopic (exact) mass is 154 g/mol. The molecule has 1 rings (SSSR count). The lowest BCUT2D eigenvalue weighted by molar-refractivity contribution is -0.114. The van der Waals surface area contributed by atoms with E-state index < -0.39 is 0 Å². The van der Waals surface area contributed by atoms with Crippen molar-refractivity contribution in [2.24, 2.45) is 11.5 Å². The molecule has 1 amide bonds. The Morgan fingerprint density at radius 3 is 2.45 bits per heavy atom. The number of allylic oxidation sites excluding steroid dienone is 1. The minimum Gasteiger partial charge on any atom is -0.402 e. The van der Waals surface area contributed by atoms with E-state index in [-0.39, 0.29) is 5.91 Å². The molecule has 0 heterocycles. The third-order valence-electron chi connectivity index (χ3n) is 2.06. The van der Waals surface area contributed by atoms with Gasteiger partial charge in [0.25, 0.3) is 0 Å². The SMILES string of the molecule is NC(=O)C1=C(N)CCCCC1. The van der Waals surface area contributed by atoms with E-state index in [0.29, 0.717) is 11.3 Å². The van der Waals surface area contributed by atoms with Crippen LogP contribution < -0.4 is 11.5 Å². The van der Waals surface area contributed by atoms with E-state index in [1.165, 1.54) is 0 Å². The van der Waals surface area contributed by atoms with E-state index >= 15 is 0 Å². The van der Waals surface area contributed by atoms with Crippen molar-refractivity contribution in [1.82, 2.24) is 0 Å². The van der Waals surface area contributed by atoms with E-state index in [1.54, 1.807) is 0 Å². The topological polar surface area (TPSA) is 69.1 Å². The van der Waals surface area contributed by atoms with E-state index in [1.807, 2.05) is 0 Å². The third kappa shape index (κ3) is 1.97. The van der Waals surface area contributed by atoms with Gasteiger partial charge in [0.05, 0.1) is 0 Å². The van der Waals surface area contributed by atoms with Crippen LogP contribution in [0.3, 0.4) is 0 Å². The highest BCUT2D eigenvalue weighted by atomic mass is 16.1. The maximum atomic E-state index is 10.8. The van der Waals surface area contributed by atoms with Gasteiger partial charge >= 0.3 is 0 Å². The van der Waals surface area contributed by atoms with Gasteiger partial charge in [0, 0.05) is 11.3 Å². The van der Waals surface area contributed by atoms with Crippen molar-refractivity contribution in [2.75, 3.05) is 0 Å². The van der Waals surface area contributed by atoms with Gasteiger partial charge in [-0.05, 0) is 25.7 Å². The number of carbonyl (C=O) groups is 1. The fourth-order valence-corrected chi connectivity index (χ4v) is 1.39. The molecule has 0 saturated carbocycles.